The third-order valence-corrected chi connectivity index (χ3v) is 6.50. The SMILES string of the molecule is N#Cc1c(NC(=O)COC(=O)c2ccc(C(=O)c3ccccc3)cc2)sc2c1CCCC2. The van der Waals surface area contributed by atoms with Crippen molar-refractivity contribution in [3.8, 4) is 6.07 Å². The zero-order chi connectivity index (χ0) is 22.5. The molecule has 1 amide bonds. The van der Waals surface area contributed by atoms with Gasteiger partial charge in [0.2, 0.25) is 0 Å². The van der Waals surface area contributed by atoms with Gasteiger partial charge in [0.1, 0.15) is 11.1 Å². The van der Waals surface area contributed by atoms with Crippen LogP contribution < -0.4 is 5.32 Å². The number of esters is 1. The number of nitrogens with one attached hydrogen (secondary N) is 1. The molecule has 0 saturated heterocycles. The monoisotopic (exact) mass is 444 g/mol. The van der Waals surface area contributed by atoms with E-state index in [-0.39, 0.29) is 11.3 Å². The maximum absolute atomic E-state index is 12.5. The minimum atomic E-state index is -0.662. The molecule has 0 bridgehead atoms. The lowest BCUT2D eigenvalue weighted by atomic mass is 9.96. The number of nitriles is 1. The van der Waals surface area contributed by atoms with E-state index in [0.717, 1.165) is 36.1 Å². The number of benzene rings is 2. The zero-order valence-electron chi connectivity index (χ0n) is 17.2. The number of thiophene rings is 1. The Balaban J connectivity index is 1.35. The number of anilines is 1. The lowest BCUT2D eigenvalue weighted by Gasteiger charge is -2.09. The Hall–Kier alpha value is -3.76. The largest absolute Gasteiger partial charge is 0.452 e. The van der Waals surface area contributed by atoms with Crippen molar-refractivity contribution in [2.75, 3.05) is 11.9 Å². The molecule has 0 saturated carbocycles. The van der Waals surface area contributed by atoms with Gasteiger partial charge in [0, 0.05) is 16.0 Å². The van der Waals surface area contributed by atoms with Crippen LogP contribution in [0.2, 0.25) is 0 Å². The third kappa shape index (κ3) is 4.61. The topological polar surface area (TPSA) is 96.3 Å². The second-order valence-corrected chi connectivity index (χ2v) is 8.53. The molecule has 6 nitrogen and oxygen atoms in total. The summed E-state index contributed by atoms with van der Waals surface area (Å²) < 4.78 is 5.11. The summed E-state index contributed by atoms with van der Waals surface area (Å²) in [5, 5.41) is 12.7. The number of amides is 1. The summed E-state index contributed by atoms with van der Waals surface area (Å²) in [5.74, 6) is -1.30. The quantitative estimate of drug-likeness (QED) is 0.445. The molecular weight excluding hydrogens is 424 g/mol. The molecule has 1 heterocycles. The van der Waals surface area contributed by atoms with Crippen LogP contribution in [0.25, 0.3) is 0 Å². The summed E-state index contributed by atoms with van der Waals surface area (Å²) in [5.41, 5.74) is 2.80. The van der Waals surface area contributed by atoms with Crippen LogP contribution >= 0.6 is 11.3 Å². The van der Waals surface area contributed by atoms with E-state index in [1.165, 1.54) is 23.5 Å². The van der Waals surface area contributed by atoms with Gasteiger partial charge < -0.3 is 10.1 Å². The summed E-state index contributed by atoms with van der Waals surface area (Å²) in [6.07, 6.45) is 3.89. The molecule has 1 aliphatic rings. The summed E-state index contributed by atoms with van der Waals surface area (Å²) >= 11 is 1.42. The summed E-state index contributed by atoms with van der Waals surface area (Å²) in [6, 6.07) is 17.2. The third-order valence-electron chi connectivity index (χ3n) is 5.29. The Morgan fingerprint density at radius 2 is 1.59 bits per heavy atom. The first-order chi connectivity index (χ1) is 15.6. The molecule has 0 fully saturated rings. The van der Waals surface area contributed by atoms with Crippen molar-refractivity contribution in [2.24, 2.45) is 0 Å². The lowest BCUT2D eigenvalue weighted by Crippen LogP contribution is -2.21. The standard InChI is InChI=1S/C25H20N2O4S/c26-14-20-19-8-4-5-9-21(19)32-24(20)27-22(28)15-31-25(30)18-12-10-17(11-13-18)23(29)16-6-2-1-3-7-16/h1-3,6-7,10-13H,4-5,8-9,15H2,(H,27,28). The van der Waals surface area contributed by atoms with E-state index in [1.807, 2.05) is 6.07 Å². The number of hydrogen-bond donors (Lipinski definition) is 1. The molecule has 1 aromatic heterocycles. The van der Waals surface area contributed by atoms with Gasteiger partial charge in [-0.1, -0.05) is 42.5 Å². The second kappa shape index (κ2) is 9.58. The number of aryl methyl sites for hydroxylation is 1. The number of rotatable bonds is 6. The summed E-state index contributed by atoms with van der Waals surface area (Å²) in [4.78, 5) is 38.2. The van der Waals surface area contributed by atoms with Gasteiger partial charge in [0.25, 0.3) is 5.91 Å². The number of ether oxygens (including phenoxy) is 1. The average molecular weight is 445 g/mol. The normalized spacial score (nSPS) is 12.3. The van der Waals surface area contributed by atoms with Gasteiger partial charge in [0.05, 0.1) is 11.1 Å². The van der Waals surface area contributed by atoms with E-state index >= 15 is 0 Å². The average Bonchev–Trinajstić information content (AvgIpc) is 3.19. The highest BCUT2D eigenvalue weighted by atomic mass is 32.1. The van der Waals surface area contributed by atoms with Crippen LogP contribution in [0.3, 0.4) is 0 Å². The highest BCUT2D eigenvalue weighted by Gasteiger charge is 2.22. The van der Waals surface area contributed by atoms with Crippen molar-refractivity contribution in [1.82, 2.24) is 0 Å². The summed E-state index contributed by atoms with van der Waals surface area (Å²) in [7, 11) is 0. The number of carbonyl (C=O) groups is 3. The molecule has 160 valence electrons. The molecule has 7 heteroatoms. The summed E-state index contributed by atoms with van der Waals surface area (Å²) in [6.45, 7) is -0.461. The minimum absolute atomic E-state index is 0.142. The van der Waals surface area contributed by atoms with Crippen LogP contribution in [0, 0.1) is 11.3 Å². The van der Waals surface area contributed by atoms with Gasteiger partial charge >= 0.3 is 5.97 Å². The number of nitrogens with zero attached hydrogens (tertiary/aromatic N) is 1. The molecule has 0 atom stereocenters. The van der Waals surface area contributed by atoms with Gasteiger partial charge in [-0.25, -0.2) is 4.79 Å². The Morgan fingerprint density at radius 1 is 0.938 bits per heavy atom. The van der Waals surface area contributed by atoms with Gasteiger partial charge in [0.15, 0.2) is 12.4 Å². The number of carbonyl (C=O) groups excluding carboxylic acids is 3. The molecule has 0 aliphatic heterocycles. The van der Waals surface area contributed by atoms with Gasteiger partial charge in [-0.05, 0) is 43.4 Å². The van der Waals surface area contributed by atoms with Crippen molar-refractivity contribution in [1.29, 1.82) is 5.26 Å². The fourth-order valence-corrected chi connectivity index (χ4v) is 4.92. The van der Waals surface area contributed by atoms with E-state index in [9.17, 15) is 19.6 Å². The first-order valence-electron chi connectivity index (χ1n) is 10.3. The van der Waals surface area contributed by atoms with Crippen molar-refractivity contribution >= 4 is 34.0 Å². The van der Waals surface area contributed by atoms with E-state index in [0.29, 0.717) is 21.7 Å². The molecule has 32 heavy (non-hydrogen) atoms. The lowest BCUT2D eigenvalue weighted by molar-refractivity contribution is -0.119. The Kier molecular flexibility index (Phi) is 6.43. The van der Waals surface area contributed by atoms with E-state index in [2.05, 4.69) is 11.4 Å². The fourth-order valence-electron chi connectivity index (χ4n) is 3.66. The molecule has 1 aliphatic carbocycles. The van der Waals surface area contributed by atoms with Crippen molar-refractivity contribution in [3.05, 3.63) is 87.3 Å². The molecule has 0 unspecified atom stereocenters. The number of fused-ring (bicyclic) bond motifs is 1. The molecule has 0 radical (unpaired) electrons. The second-order valence-electron chi connectivity index (χ2n) is 7.42. The maximum Gasteiger partial charge on any atom is 0.338 e. The van der Waals surface area contributed by atoms with Crippen molar-refractivity contribution < 1.29 is 19.1 Å². The van der Waals surface area contributed by atoms with E-state index < -0.39 is 18.5 Å². The van der Waals surface area contributed by atoms with Crippen molar-refractivity contribution in [2.45, 2.75) is 25.7 Å². The predicted molar refractivity (Wildman–Crippen MR) is 121 cm³/mol. The minimum Gasteiger partial charge on any atom is -0.452 e. The molecular formula is C25H20N2O4S. The van der Waals surface area contributed by atoms with Crippen LogP contribution in [0.5, 0.6) is 0 Å². The smallest absolute Gasteiger partial charge is 0.338 e. The van der Waals surface area contributed by atoms with Gasteiger partial charge in [-0.2, -0.15) is 5.26 Å². The first-order valence-corrected chi connectivity index (χ1v) is 11.1. The Morgan fingerprint density at radius 3 is 2.31 bits per heavy atom. The van der Waals surface area contributed by atoms with Crippen LogP contribution in [0.1, 0.15) is 55.1 Å². The first kappa shape index (κ1) is 21.5. The molecule has 0 spiro atoms. The van der Waals surface area contributed by atoms with Gasteiger partial charge in [-0.3, -0.25) is 9.59 Å². The number of ketones is 1. The van der Waals surface area contributed by atoms with Crippen LogP contribution in [-0.2, 0) is 22.4 Å². The maximum atomic E-state index is 12.5. The molecule has 4 rings (SSSR count). The van der Waals surface area contributed by atoms with Crippen LogP contribution in [-0.4, -0.2) is 24.3 Å². The van der Waals surface area contributed by atoms with E-state index in [1.54, 1.807) is 36.4 Å². The highest BCUT2D eigenvalue weighted by Crippen LogP contribution is 2.37. The van der Waals surface area contributed by atoms with Crippen molar-refractivity contribution in [3.63, 3.8) is 0 Å². The molecule has 1 N–H and O–H groups in total. The molecule has 3 aromatic rings. The van der Waals surface area contributed by atoms with Crippen LogP contribution in [0.4, 0.5) is 5.00 Å². The zero-order valence-corrected chi connectivity index (χ0v) is 18.0. The molecule has 2 aromatic carbocycles. The number of hydrogen-bond acceptors (Lipinski definition) is 6. The highest BCUT2D eigenvalue weighted by molar-refractivity contribution is 7.16. The fraction of sp³-hybridized carbons (Fsp3) is 0.200. The van der Waals surface area contributed by atoms with Crippen LogP contribution in [0.15, 0.2) is 54.6 Å². The van der Waals surface area contributed by atoms with E-state index in [4.69, 9.17) is 4.74 Å². The predicted octanol–water partition coefficient (Wildman–Crippen LogP) is 4.53. The Bertz CT molecular complexity index is 1210. The van der Waals surface area contributed by atoms with Gasteiger partial charge in [-0.15, -0.1) is 11.3 Å². The Labute approximate surface area is 189 Å².